The van der Waals surface area contributed by atoms with E-state index in [-0.39, 0.29) is 5.91 Å². The summed E-state index contributed by atoms with van der Waals surface area (Å²) in [5, 5.41) is 10.0. The average molecular weight is 397 g/mol. The molecule has 0 spiro atoms. The number of carbonyl (C=O) groups is 1. The quantitative estimate of drug-likeness (QED) is 0.724. The highest BCUT2D eigenvalue weighted by Crippen LogP contribution is 2.25. The van der Waals surface area contributed by atoms with Gasteiger partial charge in [-0.25, -0.2) is 4.98 Å². The summed E-state index contributed by atoms with van der Waals surface area (Å²) in [4.78, 5) is 21.2. The highest BCUT2D eigenvalue weighted by Gasteiger charge is 2.22. The van der Waals surface area contributed by atoms with E-state index in [1.807, 2.05) is 49.1 Å². The van der Waals surface area contributed by atoms with Crippen molar-refractivity contribution in [1.82, 2.24) is 9.88 Å². The summed E-state index contributed by atoms with van der Waals surface area (Å²) in [5.74, 6) is 1.23. The van der Waals surface area contributed by atoms with E-state index in [9.17, 15) is 10.1 Å². The van der Waals surface area contributed by atoms with E-state index >= 15 is 0 Å². The maximum Gasteiger partial charge on any atom is 0.233 e. The molecular formula is C21H24N4O2S. The van der Waals surface area contributed by atoms with Crippen LogP contribution in [0.2, 0.25) is 0 Å². The largest absolute Gasteiger partial charge is 0.497 e. The smallest absolute Gasteiger partial charge is 0.233 e. The molecule has 7 heteroatoms. The Balaban J connectivity index is 1.55. The highest BCUT2D eigenvalue weighted by molar-refractivity contribution is 8.00. The predicted molar refractivity (Wildman–Crippen MR) is 111 cm³/mol. The number of rotatable bonds is 5. The zero-order valence-electron chi connectivity index (χ0n) is 16.4. The van der Waals surface area contributed by atoms with Gasteiger partial charge in [0.25, 0.3) is 0 Å². The molecule has 28 heavy (non-hydrogen) atoms. The third-order valence-corrected chi connectivity index (χ3v) is 5.79. The Morgan fingerprint density at radius 2 is 1.89 bits per heavy atom. The first-order valence-electron chi connectivity index (χ1n) is 9.19. The fraction of sp³-hybridized carbons (Fsp3) is 0.381. The molecule has 1 saturated heterocycles. The lowest BCUT2D eigenvalue weighted by molar-refractivity contribution is -0.128. The van der Waals surface area contributed by atoms with E-state index in [0.29, 0.717) is 29.4 Å². The molecule has 0 bridgehead atoms. The highest BCUT2D eigenvalue weighted by atomic mass is 32.2. The van der Waals surface area contributed by atoms with Crippen LogP contribution in [0.1, 0.15) is 16.8 Å². The first kappa shape index (κ1) is 20.0. The molecule has 1 aliphatic heterocycles. The molecular weight excluding hydrogens is 372 g/mol. The molecule has 6 nitrogen and oxygen atoms in total. The summed E-state index contributed by atoms with van der Waals surface area (Å²) in [5.41, 5.74) is 3.46. The normalized spacial score (nSPS) is 13.9. The van der Waals surface area contributed by atoms with Gasteiger partial charge in [-0.3, -0.25) is 4.79 Å². The number of piperazine rings is 1. The summed E-state index contributed by atoms with van der Waals surface area (Å²) < 4.78 is 5.20. The SMILES string of the molecule is COc1ccc(N2CCN(C(=O)CSc3nc(C)cc(C)c3C#N)CC2)cc1. The summed E-state index contributed by atoms with van der Waals surface area (Å²) in [6, 6.07) is 12.1. The first-order chi connectivity index (χ1) is 13.5. The van der Waals surface area contributed by atoms with Gasteiger partial charge in [0.15, 0.2) is 0 Å². The number of methoxy groups -OCH3 is 1. The Bertz CT molecular complexity index is 885. The van der Waals surface area contributed by atoms with Crippen molar-refractivity contribution in [2.24, 2.45) is 0 Å². The second-order valence-corrected chi connectivity index (χ2v) is 7.69. The molecule has 0 aliphatic carbocycles. The van der Waals surface area contributed by atoms with Gasteiger partial charge in [-0.05, 0) is 49.7 Å². The Morgan fingerprint density at radius 3 is 2.50 bits per heavy atom. The molecule has 0 N–H and O–H groups in total. The van der Waals surface area contributed by atoms with Crippen LogP contribution in [0.4, 0.5) is 5.69 Å². The number of nitriles is 1. The minimum atomic E-state index is 0.0872. The molecule has 0 unspecified atom stereocenters. The lowest BCUT2D eigenvalue weighted by Gasteiger charge is -2.36. The molecule has 1 fully saturated rings. The van der Waals surface area contributed by atoms with Gasteiger partial charge in [-0.15, -0.1) is 0 Å². The van der Waals surface area contributed by atoms with E-state index in [1.54, 1.807) is 7.11 Å². The lowest BCUT2D eigenvalue weighted by atomic mass is 10.1. The number of thioether (sulfide) groups is 1. The van der Waals surface area contributed by atoms with E-state index in [4.69, 9.17) is 4.74 Å². The zero-order chi connectivity index (χ0) is 20.1. The molecule has 0 saturated carbocycles. The van der Waals surface area contributed by atoms with Crippen LogP contribution < -0.4 is 9.64 Å². The van der Waals surface area contributed by atoms with Crippen LogP contribution in [0.25, 0.3) is 0 Å². The maximum atomic E-state index is 12.6. The monoisotopic (exact) mass is 396 g/mol. The maximum absolute atomic E-state index is 12.6. The number of aromatic nitrogens is 1. The number of pyridine rings is 1. The van der Waals surface area contributed by atoms with Crippen molar-refractivity contribution in [2.45, 2.75) is 18.9 Å². The number of carbonyl (C=O) groups excluding carboxylic acids is 1. The molecule has 1 aromatic heterocycles. The molecule has 146 valence electrons. The van der Waals surface area contributed by atoms with Crippen molar-refractivity contribution < 1.29 is 9.53 Å². The molecule has 1 amide bonds. The van der Waals surface area contributed by atoms with Gasteiger partial charge in [0.05, 0.1) is 18.4 Å². The molecule has 1 aromatic carbocycles. The molecule has 2 heterocycles. The van der Waals surface area contributed by atoms with E-state index < -0.39 is 0 Å². The van der Waals surface area contributed by atoms with Crippen molar-refractivity contribution in [3.63, 3.8) is 0 Å². The number of aryl methyl sites for hydroxylation is 2. The van der Waals surface area contributed by atoms with Gasteiger partial charge < -0.3 is 14.5 Å². The number of benzene rings is 1. The zero-order valence-corrected chi connectivity index (χ0v) is 17.3. The standard InChI is InChI=1S/C21H24N4O2S/c1-15-12-16(2)23-21(19(15)13-22)28-14-20(26)25-10-8-24(9-11-25)17-4-6-18(27-3)7-5-17/h4-7,12H,8-11,14H2,1-3H3. The number of nitrogens with zero attached hydrogens (tertiary/aromatic N) is 4. The molecule has 3 rings (SSSR count). The Kier molecular flexibility index (Phi) is 6.42. The van der Waals surface area contributed by atoms with Crippen molar-refractivity contribution >= 4 is 23.4 Å². The molecule has 1 aliphatic rings. The fourth-order valence-corrected chi connectivity index (χ4v) is 4.27. The molecule has 0 radical (unpaired) electrons. The van der Waals surface area contributed by atoms with Crippen LogP contribution in [0, 0.1) is 25.2 Å². The van der Waals surface area contributed by atoms with E-state index in [1.165, 1.54) is 11.8 Å². The predicted octanol–water partition coefficient (Wildman–Crippen LogP) is 3.02. The summed E-state index contributed by atoms with van der Waals surface area (Å²) in [7, 11) is 1.66. The third-order valence-electron chi connectivity index (χ3n) is 4.83. The summed E-state index contributed by atoms with van der Waals surface area (Å²) >= 11 is 1.35. The number of amides is 1. The second kappa shape index (κ2) is 8.98. The average Bonchev–Trinajstić information content (AvgIpc) is 2.72. The van der Waals surface area contributed by atoms with Gasteiger partial charge in [0, 0.05) is 37.6 Å². The minimum absolute atomic E-state index is 0.0872. The minimum Gasteiger partial charge on any atom is -0.497 e. The van der Waals surface area contributed by atoms with Crippen molar-refractivity contribution in [1.29, 1.82) is 5.26 Å². The van der Waals surface area contributed by atoms with Crippen molar-refractivity contribution in [3.8, 4) is 11.8 Å². The fourth-order valence-electron chi connectivity index (χ4n) is 3.27. The third kappa shape index (κ3) is 4.57. The van der Waals surface area contributed by atoms with Gasteiger partial charge in [-0.2, -0.15) is 5.26 Å². The lowest BCUT2D eigenvalue weighted by Crippen LogP contribution is -2.49. The van der Waals surface area contributed by atoms with E-state index in [2.05, 4.69) is 16.0 Å². The topological polar surface area (TPSA) is 69.5 Å². The molecule has 2 aromatic rings. The first-order valence-corrected chi connectivity index (χ1v) is 10.2. The summed E-state index contributed by atoms with van der Waals surface area (Å²) in [6.45, 7) is 6.78. The van der Waals surface area contributed by atoms with Gasteiger partial charge in [0.1, 0.15) is 16.8 Å². The van der Waals surface area contributed by atoms with Crippen LogP contribution in [-0.4, -0.2) is 54.8 Å². The summed E-state index contributed by atoms with van der Waals surface area (Å²) in [6.07, 6.45) is 0. The number of ether oxygens (including phenoxy) is 1. The van der Waals surface area contributed by atoms with Crippen LogP contribution in [0.5, 0.6) is 5.75 Å². The van der Waals surface area contributed by atoms with E-state index in [0.717, 1.165) is 35.8 Å². The Morgan fingerprint density at radius 1 is 1.21 bits per heavy atom. The Labute approximate surface area is 170 Å². The number of hydrogen-bond acceptors (Lipinski definition) is 6. The van der Waals surface area contributed by atoms with Gasteiger partial charge in [0.2, 0.25) is 5.91 Å². The van der Waals surface area contributed by atoms with Crippen molar-refractivity contribution in [3.05, 3.63) is 47.2 Å². The van der Waals surface area contributed by atoms with Gasteiger partial charge >= 0.3 is 0 Å². The number of hydrogen-bond donors (Lipinski definition) is 0. The van der Waals surface area contributed by atoms with Crippen LogP contribution in [-0.2, 0) is 4.79 Å². The number of anilines is 1. The van der Waals surface area contributed by atoms with Gasteiger partial charge in [-0.1, -0.05) is 11.8 Å². The van der Waals surface area contributed by atoms with Crippen LogP contribution in [0.3, 0.4) is 0 Å². The van der Waals surface area contributed by atoms with Crippen LogP contribution >= 0.6 is 11.8 Å². The molecule has 0 atom stereocenters. The van der Waals surface area contributed by atoms with Crippen LogP contribution in [0.15, 0.2) is 35.4 Å². The van der Waals surface area contributed by atoms with Crippen molar-refractivity contribution in [2.75, 3.05) is 43.9 Å². The second-order valence-electron chi connectivity index (χ2n) is 6.73. The Hall–Kier alpha value is -2.72.